The van der Waals surface area contributed by atoms with E-state index in [0.717, 1.165) is 23.1 Å². The number of nitrogens with zero attached hydrogens (tertiary/aromatic N) is 3. The molecule has 1 atom stereocenters. The topological polar surface area (TPSA) is 50.9 Å². The Bertz CT molecular complexity index is 610. The summed E-state index contributed by atoms with van der Waals surface area (Å²) >= 11 is 7.41. The molecule has 1 aromatic carbocycles. The van der Waals surface area contributed by atoms with Gasteiger partial charge in [0.15, 0.2) is 5.16 Å². The molecule has 3 rings (SSSR count). The summed E-state index contributed by atoms with van der Waals surface area (Å²) in [6.07, 6.45) is 1.91. The van der Waals surface area contributed by atoms with Gasteiger partial charge >= 0.3 is 0 Å². The SMILES string of the molecule is CCn1c(SCC(O)c2ccc(Cl)cc2)nnc1C1CC1. The molecule has 1 heterocycles. The Morgan fingerprint density at radius 1 is 1.33 bits per heavy atom. The van der Waals surface area contributed by atoms with Crippen molar-refractivity contribution in [3.63, 3.8) is 0 Å². The van der Waals surface area contributed by atoms with Crippen LogP contribution in [0.3, 0.4) is 0 Å². The van der Waals surface area contributed by atoms with Crippen LogP contribution >= 0.6 is 23.4 Å². The molecule has 1 aliphatic rings. The van der Waals surface area contributed by atoms with Crippen LogP contribution in [0.2, 0.25) is 5.02 Å². The number of aromatic nitrogens is 3. The van der Waals surface area contributed by atoms with E-state index in [-0.39, 0.29) is 0 Å². The minimum Gasteiger partial charge on any atom is -0.388 e. The van der Waals surface area contributed by atoms with Crippen LogP contribution in [0.5, 0.6) is 0 Å². The molecule has 0 aliphatic heterocycles. The van der Waals surface area contributed by atoms with E-state index in [1.807, 2.05) is 12.1 Å². The average molecular weight is 324 g/mol. The Balaban J connectivity index is 1.65. The van der Waals surface area contributed by atoms with Gasteiger partial charge in [-0.2, -0.15) is 0 Å². The summed E-state index contributed by atoms with van der Waals surface area (Å²) in [5, 5.41) is 20.4. The standard InChI is InChI=1S/C15H18ClN3OS/c1-2-19-14(11-3-4-11)17-18-15(19)21-9-13(20)10-5-7-12(16)8-6-10/h5-8,11,13,20H,2-4,9H2,1H3. The molecule has 4 nitrogen and oxygen atoms in total. The molecule has 0 amide bonds. The summed E-state index contributed by atoms with van der Waals surface area (Å²) in [5.74, 6) is 2.25. The maximum atomic E-state index is 10.2. The summed E-state index contributed by atoms with van der Waals surface area (Å²) in [5.41, 5.74) is 0.872. The van der Waals surface area contributed by atoms with Crippen molar-refractivity contribution in [2.45, 2.75) is 43.5 Å². The molecule has 112 valence electrons. The third-order valence-corrected chi connectivity index (χ3v) is 4.92. The Hall–Kier alpha value is -1.04. The number of halogens is 1. The van der Waals surface area contributed by atoms with E-state index in [1.54, 1.807) is 23.9 Å². The van der Waals surface area contributed by atoms with Gasteiger partial charge in [0, 0.05) is 23.2 Å². The van der Waals surface area contributed by atoms with Crippen LogP contribution in [0.15, 0.2) is 29.4 Å². The molecule has 0 saturated heterocycles. The first kappa shape index (κ1) is 14.9. The molecular formula is C15H18ClN3OS. The van der Waals surface area contributed by atoms with Crippen LogP contribution in [-0.4, -0.2) is 25.6 Å². The molecule has 21 heavy (non-hydrogen) atoms. The number of thioether (sulfide) groups is 1. The quantitative estimate of drug-likeness (QED) is 0.824. The van der Waals surface area contributed by atoms with Gasteiger partial charge in [0.25, 0.3) is 0 Å². The molecule has 0 spiro atoms. The molecule has 0 bridgehead atoms. The van der Waals surface area contributed by atoms with Gasteiger partial charge < -0.3 is 9.67 Å². The molecule has 1 aromatic heterocycles. The van der Waals surface area contributed by atoms with Gasteiger partial charge in [0.1, 0.15) is 5.82 Å². The first-order valence-corrected chi connectivity index (χ1v) is 8.54. The molecule has 1 aliphatic carbocycles. The van der Waals surface area contributed by atoms with Gasteiger partial charge in [-0.3, -0.25) is 0 Å². The first-order valence-electron chi connectivity index (χ1n) is 7.18. The summed E-state index contributed by atoms with van der Waals surface area (Å²) in [6.45, 7) is 2.98. The molecule has 2 aromatic rings. The third kappa shape index (κ3) is 3.42. The molecule has 1 unspecified atom stereocenters. The van der Waals surface area contributed by atoms with Crippen molar-refractivity contribution in [1.82, 2.24) is 14.8 Å². The second kappa shape index (κ2) is 6.38. The van der Waals surface area contributed by atoms with Crippen molar-refractivity contribution >= 4 is 23.4 Å². The monoisotopic (exact) mass is 323 g/mol. The van der Waals surface area contributed by atoms with E-state index in [1.165, 1.54) is 12.8 Å². The summed E-state index contributed by atoms with van der Waals surface area (Å²) in [7, 11) is 0. The van der Waals surface area contributed by atoms with E-state index in [4.69, 9.17) is 11.6 Å². The predicted molar refractivity (Wildman–Crippen MR) is 84.8 cm³/mol. The minimum atomic E-state index is -0.529. The summed E-state index contributed by atoms with van der Waals surface area (Å²) < 4.78 is 2.16. The third-order valence-electron chi connectivity index (χ3n) is 3.63. The number of aliphatic hydroxyl groups is 1. The smallest absolute Gasteiger partial charge is 0.191 e. The highest BCUT2D eigenvalue weighted by Crippen LogP contribution is 2.40. The van der Waals surface area contributed by atoms with E-state index < -0.39 is 6.10 Å². The largest absolute Gasteiger partial charge is 0.388 e. The van der Waals surface area contributed by atoms with Crippen LogP contribution in [0.4, 0.5) is 0 Å². The van der Waals surface area contributed by atoms with Crippen LogP contribution in [0.1, 0.15) is 43.2 Å². The highest BCUT2D eigenvalue weighted by atomic mass is 35.5. The predicted octanol–water partition coefficient (Wildman–Crippen LogP) is 3.65. The lowest BCUT2D eigenvalue weighted by Gasteiger charge is -2.11. The maximum absolute atomic E-state index is 10.2. The summed E-state index contributed by atoms with van der Waals surface area (Å²) in [6, 6.07) is 7.30. The van der Waals surface area contributed by atoms with Crippen molar-refractivity contribution in [3.8, 4) is 0 Å². The van der Waals surface area contributed by atoms with Gasteiger partial charge in [0.2, 0.25) is 0 Å². The highest BCUT2D eigenvalue weighted by Gasteiger charge is 2.30. The van der Waals surface area contributed by atoms with Crippen LogP contribution < -0.4 is 0 Å². The van der Waals surface area contributed by atoms with E-state index in [0.29, 0.717) is 16.7 Å². The highest BCUT2D eigenvalue weighted by molar-refractivity contribution is 7.99. The molecule has 1 saturated carbocycles. The molecule has 1 fully saturated rings. The average Bonchev–Trinajstić information content (AvgIpc) is 3.25. The number of aliphatic hydroxyl groups excluding tert-OH is 1. The zero-order valence-corrected chi connectivity index (χ0v) is 13.4. The number of hydrogen-bond acceptors (Lipinski definition) is 4. The second-order valence-electron chi connectivity index (χ2n) is 5.24. The van der Waals surface area contributed by atoms with E-state index in [2.05, 4.69) is 21.7 Å². The lowest BCUT2D eigenvalue weighted by molar-refractivity contribution is 0.204. The van der Waals surface area contributed by atoms with Crippen molar-refractivity contribution in [1.29, 1.82) is 0 Å². The molecular weight excluding hydrogens is 306 g/mol. The van der Waals surface area contributed by atoms with E-state index >= 15 is 0 Å². The Morgan fingerprint density at radius 3 is 2.67 bits per heavy atom. The van der Waals surface area contributed by atoms with Crippen LogP contribution in [-0.2, 0) is 6.54 Å². The van der Waals surface area contributed by atoms with Gasteiger partial charge in [0.05, 0.1) is 6.10 Å². The number of rotatable bonds is 6. The Labute approximate surface area is 133 Å². The fourth-order valence-electron chi connectivity index (χ4n) is 2.28. The Morgan fingerprint density at radius 2 is 2.05 bits per heavy atom. The zero-order valence-electron chi connectivity index (χ0n) is 11.9. The maximum Gasteiger partial charge on any atom is 0.191 e. The van der Waals surface area contributed by atoms with Crippen molar-refractivity contribution in [2.24, 2.45) is 0 Å². The first-order chi connectivity index (χ1) is 10.2. The molecule has 0 radical (unpaired) electrons. The lowest BCUT2D eigenvalue weighted by Crippen LogP contribution is -2.05. The van der Waals surface area contributed by atoms with Crippen LogP contribution in [0, 0.1) is 0 Å². The number of hydrogen-bond donors (Lipinski definition) is 1. The van der Waals surface area contributed by atoms with Crippen molar-refractivity contribution < 1.29 is 5.11 Å². The number of benzene rings is 1. The Kier molecular flexibility index (Phi) is 4.52. The van der Waals surface area contributed by atoms with Gasteiger partial charge in [-0.15, -0.1) is 10.2 Å². The fraction of sp³-hybridized carbons (Fsp3) is 0.467. The van der Waals surface area contributed by atoms with Crippen molar-refractivity contribution in [2.75, 3.05) is 5.75 Å². The van der Waals surface area contributed by atoms with E-state index in [9.17, 15) is 5.11 Å². The normalized spacial score (nSPS) is 16.1. The van der Waals surface area contributed by atoms with Crippen LogP contribution in [0.25, 0.3) is 0 Å². The van der Waals surface area contributed by atoms with Gasteiger partial charge in [-0.25, -0.2) is 0 Å². The minimum absolute atomic E-state index is 0.529. The summed E-state index contributed by atoms with van der Waals surface area (Å²) in [4.78, 5) is 0. The fourth-order valence-corrected chi connectivity index (χ4v) is 3.38. The molecule has 1 N–H and O–H groups in total. The van der Waals surface area contributed by atoms with Gasteiger partial charge in [-0.05, 0) is 37.5 Å². The van der Waals surface area contributed by atoms with Gasteiger partial charge in [-0.1, -0.05) is 35.5 Å². The lowest BCUT2D eigenvalue weighted by atomic mass is 10.1. The zero-order chi connectivity index (χ0) is 14.8. The molecule has 6 heteroatoms. The van der Waals surface area contributed by atoms with Crippen molar-refractivity contribution in [3.05, 3.63) is 40.7 Å². The second-order valence-corrected chi connectivity index (χ2v) is 6.66.